The fourth-order valence-corrected chi connectivity index (χ4v) is 3.51. The molecule has 0 saturated carbocycles. The fraction of sp³-hybridized carbons (Fsp3) is 0.421. The van der Waals surface area contributed by atoms with E-state index in [-0.39, 0.29) is 19.4 Å². The van der Waals surface area contributed by atoms with Crippen LogP contribution in [-0.2, 0) is 14.4 Å². The van der Waals surface area contributed by atoms with E-state index in [2.05, 4.69) is 43.9 Å². The third-order valence-corrected chi connectivity index (χ3v) is 6.23. The number of urea groups is 2. The average molecular weight is 690 g/mol. The smallest absolute Gasteiger partial charge is 0.339 e. The quantitative estimate of drug-likeness (QED) is 0.0710. The van der Waals surface area contributed by atoms with Crippen LogP contribution in [-0.4, -0.2) is 61.4 Å². The van der Waals surface area contributed by atoms with E-state index in [0.717, 1.165) is 3.57 Å². The number of anilines is 1. The van der Waals surface area contributed by atoms with Crippen LogP contribution < -0.4 is 21.3 Å². The highest BCUT2D eigenvalue weighted by Gasteiger charge is 2.37. The molecule has 0 heterocycles. The highest BCUT2D eigenvalue weighted by molar-refractivity contribution is 14.1. The van der Waals surface area contributed by atoms with Gasteiger partial charge in [-0.25, -0.2) is 19.2 Å². The van der Waals surface area contributed by atoms with Crippen LogP contribution in [0.4, 0.5) is 15.3 Å². The second kappa shape index (κ2) is 14.0. The van der Waals surface area contributed by atoms with Crippen molar-refractivity contribution >= 4 is 80.8 Å². The van der Waals surface area contributed by atoms with E-state index in [9.17, 15) is 29.1 Å². The monoisotopic (exact) mass is 690 g/mol. The maximum absolute atomic E-state index is 12.1. The molecule has 0 bridgehead atoms. The zero-order chi connectivity index (χ0) is 25.0. The van der Waals surface area contributed by atoms with Crippen LogP contribution in [0.25, 0.3) is 0 Å². The first-order valence-electron chi connectivity index (χ1n) is 9.69. The molecule has 33 heavy (non-hydrogen) atoms. The maximum atomic E-state index is 12.1. The van der Waals surface area contributed by atoms with Gasteiger partial charge in [-0.05, 0) is 95.1 Å². The van der Waals surface area contributed by atoms with Gasteiger partial charge in [0.2, 0.25) is 0 Å². The first kappa shape index (κ1) is 28.7. The summed E-state index contributed by atoms with van der Waals surface area (Å²) in [5, 5.41) is 36.9. The van der Waals surface area contributed by atoms with Gasteiger partial charge in [-0.2, -0.15) is 0 Å². The lowest BCUT2D eigenvalue weighted by Gasteiger charge is -2.25. The number of nitrogens with one attached hydrogen (secondary N) is 4. The van der Waals surface area contributed by atoms with Crippen LogP contribution in [0, 0.1) is 3.57 Å². The number of carbonyl (C=O) groups excluding carboxylic acids is 2. The Hall–Kier alpha value is -2.37. The molecule has 0 spiro atoms. The van der Waals surface area contributed by atoms with Crippen molar-refractivity contribution in [2.24, 2.45) is 0 Å². The molecule has 1 aromatic carbocycles. The van der Waals surface area contributed by atoms with Crippen molar-refractivity contribution in [3.63, 3.8) is 0 Å². The zero-order valence-corrected chi connectivity index (χ0v) is 21.6. The molecule has 0 radical (unpaired) electrons. The van der Waals surface area contributed by atoms with Crippen LogP contribution in [0.1, 0.15) is 32.1 Å². The highest BCUT2D eigenvalue weighted by Crippen LogP contribution is 2.23. The first-order valence-corrected chi connectivity index (χ1v) is 11.8. The molecular formula is C19H24I2N4O8. The molecule has 4 amide bonds. The molecular weight excluding hydrogens is 666 g/mol. The van der Waals surface area contributed by atoms with Crippen molar-refractivity contribution in [3.8, 4) is 0 Å². The second-order valence-corrected chi connectivity index (χ2v) is 9.96. The Bertz CT molecular complexity index is 868. The van der Waals surface area contributed by atoms with Crippen molar-refractivity contribution in [1.29, 1.82) is 0 Å². The van der Waals surface area contributed by atoms with E-state index in [0.29, 0.717) is 18.5 Å². The molecule has 12 nitrogen and oxygen atoms in total. The number of halogens is 2. The summed E-state index contributed by atoms with van der Waals surface area (Å²) in [5.41, 5.74) is 0.628. The van der Waals surface area contributed by atoms with E-state index in [4.69, 9.17) is 10.2 Å². The molecule has 14 heteroatoms. The molecule has 1 rings (SSSR count). The normalized spacial score (nSPS) is 13.2. The average Bonchev–Trinajstić information content (AvgIpc) is 2.72. The van der Waals surface area contributed by atoms with E-state index < -0.39 is 46.0 Å². The van der Waals surface area contributed by atoms with Crippen LogP contribution in [0.2, 0.25) is 0 Å². The van der Waals surface area contributed by atoms with Gasteiger partial charge in [-0.15, -0.1) is 0 Å². The van der Waals surface area contributed by atoms with Gasteiger partial charge in [-0.1, -0.05) is 0 Å². The van der Waals surface area contributed by atoms with E-state index in [1.54, 1.807) is 34.7 Å². The Morgan fingerprint density at radius 2 is 1.61 bits per heavy atom. The molecule has 0 fully saturated rings. The van der Waals surface area contributed by atoms with Gasteiger partial charge < -0.3 is 36.6 Å². The topological polar surface area (TPSA) is 194 Å². The lowest BCUT2D eigenvalue weighted by Crippen LogP contribution is -2.55. The summed E-state index contributed by atoms with van der Waals surface area (Å²) < 4.78 is -0.693. The molecule has 2 atom stereocenters. The first-order chi connectivity index (χ1) is 15.4. The zero-order valence-electron chi connectivity index (χ0n) is 17.3. The number of hydrogen-bond donors (Lipinski definition) is 7. The van der Waals surface area contributed by atoms with Crippen molar-refractivity contribution in [2.75, 3.05) is 11.9 Å². The number of carboxylic acid groups (broad SMARTS) is 3. The summed E-state index contributed by atoms with van der Waals surface area (Å²) >= 11 is 3.69. The van der Waals surface area contributed by atoms with Crippen LogP contribution in [0.3, 0.4) is 0 Å². The Labute approximate surface area is 216 Å². The standard InChI is InChI=1S/C19H24I2N4O8/c20-11-3-5-12(6-4-11)23-17(32)22-10-2-1-9-19(21,16(30)31)25-18(33)24-13(15(28)29)7-8-14(26)27/h3-6,13H,1-2,7-10H2,(H,26,27)(H,28,29)(H,30,31)(H2,22,23,32)(H2,24,25,33). The van der Waals surface area contributed by atoms with Crippen molar-refractivity contribution in [2.45, 2.75) is 41.7 Å². The predicted molar refractivity (Wildman–Crippen MR) is 134 cm³/mol. The van der Waals surface area contributed by atoms with Gasteiger partial charge in [0.15, 0.2) is 3.55 Å². The van der Waals surface area contributed by atoms with Gasteiger partial charge in [0.25, 0.3) is 0 Å². The fourth-order valence-electron chi connectivity index (χ4n) is 2.53. The summed E-state index contributed by atoms with van der Waals surface area (Å²) in [7, 11) is 0. The Balaban J connectivity index is 2.47. The number of rotatable bonds is 13. The number of hydrogen-bond acceptors (Lipinski definition) is 5. The van der Waals surface area contributed by atoms with Crippen LogP contribution in [0.5, 0.6) is 0 Å². The van der Waals surface area contributed by atoms with E-state index >= 15 is 0 Å². The second-order valence-electron chi connectivity index (χ2n) is 6.87. The number of amides is 4. The lowest BCUT2D eigenvalue weighted by atomic mass is 10.1. The van der Waals surface area contributed by atoms with Gasteiger partial charge in [-0.3, -0.25) is 4.79 Å². The predicted octanol–water partition coefficient (Wildman–Crippen LogP) is 2.42. The molecule has 0 aliphatic carbocycles. The SMILES string of the molecule is O=C(O)CCC(NC(=O)NC(I)(CCCCNC(=O)Nc1ccc(I)cc1)C(=O)O)C(=O)O. The molecule has 182 valence electrons. The molecule has 0 aliphatic heterocycles. The van der Waals surface area contributed by atoms with Crippen molar-refractivity contribution in [3.05, 3.63) is 27.8 Å². The Kier molecular flexibility index (Phi) is 12.2. The highest BCUT2D eigenvalue weighted by atomic mass is 127. The molecule has 1 aromatic rings. The minimum Gasteiger partial charge on any atom is -0.481 e. The lowest BCUT2D eigenvalue weighted by molar-refractivity contribution is -0.141. The van der Waals surface area contributed by atoms with E-state index in [1.807, 2.05) is 12.1 Å². The number of benzene rings is 1. The number of carbonyl (C=O) groups is 5. The van der Waals surface area contributed by atoms with Crippen LogP contribution >= 0.6 is 45.2 Å². The molecule has 0 saturated heterocycles. The molecule has 0 aromatic heterocycles. The van der Waals surface area contributed by atoms with Gasteiger partial charge in [0.1, 0.15) is 6.04 Å². The van der Waals surface area contributed by atoms with E-state index in [1.165, 1.54) is 0 Å². The third-order valence-electron chi connectivity index (χ3n) is 4.24. The van der Waals surface area contributed by atoms with Gasteiger partial charge in [0.05, 0.1) is 0 Å². The van der Waals surface area contributed by atoms with Gasteiger partial charge in [0, 0.05) is 22.2 Å². The molecule has 2 unspecified atom stereocenters. The van der Waals surface area contributed by atoms with Crippen molar-refractivity contribution in [1.82, 2.24) is 16.0 Å². The van der Waals surface area contributed by atoms with Gasteiger partial charge >= 0.3 is 30.0 Å². The summed E-state index contributed by atoms with van der Waals surface area (Å²) in [5.74, 6) is -3.99. The maximum Gasteiger partial charge on any atom is 0.339 e. The molecule has 7 N–H and O–H groups in total. The number of carboxylic acids is 3. The number of alkyl halides is 1. The summed E-state index contributed by atoms with van der Waals surface area (Å²) in [6.07, 6.45) is -0.0623. The summed E-state index contributed by atoms with van der Waals surface area (Å²) in [4.78, 5) is 57.5. The summed E-state index contributed by atoms with van der Waals surface area (Å²) in [6.45, 7) is 0.269. The largest absolute Gasteiger partial charge is 0.481 e. The Morgan fingerprint density at radius 1 is 0.970 bits per heavy atom. The Morgan fingerprint density at radius 3 is 2.15 bits per heavy atom. The minimum atomic E-state index is -1.72. The third kappa shape index (κ3) is 11.4. The minimum absolute atomic E-state index is 0.00357. The number of unbranched alkanes of at least 4 members (excludes halogenated alkanes) is 1. The van der Waals surface area contributed by atoms with Crippen molar-refractivity contribution < 1.29 is 39.3 Å². The van der Waals surface area contributed by atoms with Crippen LogP contribution in [0.15, 0.2) is 24.3 Å². The molecule has 0 aliphatic rings. The number of aliphatic carboxylic acids is 3. The summed E-state index contributed by atoms with van der Waals surface area (Å²) in [6, 6.07) is 4.27.